The first kappa shape index (κ1) is 20.6. The highest BCUT2D eigenvalue weighted by atomic mass is 19.1. The van der Waals surface area contributed by atoms with Gasteiger partial charge in [0.1, 0.15) is 17.0 Å². The Morgan fingerprint density at radius 2 is 1.75 bits per heavy atom. The Morgan fingerprint density at radius 3 is 2.47 bits per heavy atom. The number of anilines is 1. The maximum absolute atomic E-state index is 16.0. The topological polar surface area (TPSA) is 51.1 Å². The fourth-order valence-electron chi connectivity index (χ4n) is 4.73. The monoisotopic (exact) mass is 430 g/mol. The Kier molecular flexibility index (Phi) is 5.60. The SMILES string of the molecule is CCc1cccc2cccc(-c3ncc4c(N5CCCCCC5)nc(OC)nc4c3F)c12. The van der Waals surface area contributed by atoms with Crippen LogP contribution in [0.5, 0.6) is 6.01 Å². The summed E-state index contributed by atoms with van der Waals surface area (Å²) in [5.74, 6) is 0.275. The lowest BCUT2D eigenvalue weighted by atomic mass is 9.95. The van der Waals surface area contributed by atoms with E-state index < -0.39 is 5.82 Å². The quantitative estimate of drug-likeness (QED) is 0.401. The van der Waals surface area contributed by atoms with Crippen molar-refractivity contribution in [2.45, 2.75) is 39.0 Å². The highest BCUT2D eigenvalue weighted by molar-refractivity contribution is 6.00. The number of hydrogen-bond acceptors (Lipinski definition) is 5. The van der Waals surface area contributed by atoms with Gasteiger partial charge in [-0.25, -0.2) is 4.39 Å². The lowest BCUT2D eigenvalue weighted by Gasteiger charge is -2.23. The number of benzene rings is 2. The van der Waals surface area contributed by atoms with E-state index in [9.17, 15) is 0 Å². The molecule has 0 aliphatic carbocycles. The molecule has 0 atom stereocenters. The van der Waals surface area contributed by atoms with E-state index in [2.05, 4.69) is 45.0 Å². The summed E-state index contributed by atoms with van der Waals surface area (Å²) >= 11 is 0. The highest BCUT2D eigenvalue weighted by Crippen LogP contribution is 2.36. The molecule has 0 radical (unpaired) electrons. The number of aromatic nitrogens is 3. The Bertz CT molecular complexity index is 1280. The van der Waals surface area contributed by atoms with Crippen LogP contribution in [0, 0.1) is 5.82 Å². The average Bonchev–Trinajstić information content (AvgIpc) is 3.12. The van der Waals surface area contributed by atoms with Crippen LogP contribution in [0.25, 0.3) is 32.9 Å². The van der Waals surface area contributed by atoms with Gasteiger partial charge in [0.2, 0.25) is 0 Å². The van der Waals surface area contributed by atoms with Gasteiger partial charge in [-0.1, -0.05) is 56.2 Å². The zero-order chi connectivity index (χ0) is 22.1. The van der Waals surface area contributed by atoms with Crippen molar-refractivity contribution in [2.24, 2.45) is 0 Å². The molecule has 0 spiro atoms. The minimum Gasteiger partial charge on any atom is -0.467 e. The summed E-state index contributed by atoms with van der Waals surface area (Å²) in [5.41, 5.74) is 2.52. The van der Waals surface area contributed by atoms with Gasteiger partial charge in [-0.15, -0.1) is 0 Å². The number of halogens is 1. The van der Waals surface area contributed by atoms with Crippen molar-refractivity contribution < 1.29 is 9.13 Å². The molecule has 5 rings (SSSR count). The van der Waals surface area contributed by atoms with Crippen molar-refractivity contribution in [3.8, 4) is 17.3 Å². The number of rotatable bonds is 4. The Hall–Kier alpha value is -3.28. The summed E-state index contributed by atoms with van der Waals surface area (Å²) in [4.78, 5) is 15.8. The van der Waals surface area contributed by atoms with Crippen LogP contribution in [-0.4, -0.2) is 35.2 Å². The van der Waals surface area contributed by atoms with Crippen LogP contribution in [-0.2, 0) is 6.42 Å². The zero-order valence-corrected chi connectivity index (χ0v) is 18.6. The molecular weight excluding hydrogens is 403 g/mol. The van der Waals surface area contributed by atoms with Crippen LogP contribution >= 0.6 is 0 Å². The maximum atomic E-state index is 16.0. The number of nitrogens with zero attached hydrogens (tertiary/aromatic N) is 4. The highest BCUT2D eigenvalue weighted by Gasteiger charge is 2.22. The molecule has 1 aliphatic heterocycles. The van der Waals surface area contributed by atoms with Crippen molar-refractivity contribution in [3.05, 3.63) is 54.0 Å². The van der Waals surface area contributed by atoms with Crippen LogP contribution in [0.2, 0.25) is 0 Å². The van der Waals surface area contributed by atoms with Crippen LogP contribution in [0.15, 0.2) is 42.6 Å². The summed E-state index contributed by atoms with van der Waals surface area (Å²) in [6, 6.07) is 12.3. The number of pyridine rings is 1. The van der Waals surface area contributed by atoms with Crippen molar-refractivity contribution >= 4 is 27.5 Å². The van der Waals surface area contributed by atoms with Crippen LogP contribution < -0.4 is 9.64 Å². The molecule has 2 aromatic carbocycles. The standard InChI is InChI=1S/C26H27FN4O/c1-3-17-10-8-11-18-12-9-13-19(21(17)18)23-22(27)24-20(16-28-23)25(30-26(29-24)32-2)31-14-6-4-5-7-15-31/h8-13,16H,3-7,14-15H2,1-2H3. The Balaban J connectivity index is 1.74. The molecule has 1 saturated heterocycles. The molecule has 1 fully saturated rings. The fourth-order valence-corrected chi connectivity index (χ4v) is 4.73. The van der Waals surface area contributed by atoms with Gasteiger partial charge in [-0.3, -0.25) is 4.98 Å². The molecule has 3 heterocycles. The van der Waals surface area contributed by atoms with Crippen molar-refractivity contribution in [3.63, 3.8) is 0 Å². The number of methoxy groups -OCH3 is 1. The van der Waals surface area contributed by atoms with E-state index in [4.69, 9.17) is 4.74 Å². The molecule has 0 N–H and O–H groups in total. The van der Waals surface area contributed by atoms with Crippen molar-refractivity contribution in [1.82, 2.24) is 15.0 Å². The minimum absolute atomic E-state index is 0.181. The number of hydrogen-bond donors (Lipinski definition) is 0. The molecule has 6 heteroatoms. The van der Waals surface area contributed by atoms with E-state index in [0.717, 1.165) is 48.7 Å². The van der Waals surface area contributed by atoms with Gasteiger partial charge in [-0.2, -0.15) is 9.97 Å². The number of ether oxygens (including phenoxy) is 1. The third-order valence-corrected chi connectivity index (χ3v) is 6.36. The smallest absolute Gasteiger partial charge is 0.318 e. The largest absolute Gasteiger partial charge is 0.467 e. The van der Waals surface area contributed by atoms with E-state index >= 15 is 4.39 Å². The predicted octanol–water partition coefficient (Wildman–Crippen LogP) is 5.94. The lowest BCUT2D eigenvalue weighted by Crippen LogP contribution is -2.25. The summed E-state index contributed by atoms with van der Waals surface area (Å²) in [5, 5.41) is 2.75. The first-order valence-electron chi connectivity index (χ1n) is 11.4. The first-order valence-corrected chi connectivity index (χ1v) is 11.4. The fraction of sp³-hybridized carbons (Fsp3) is 0.346. The number of fused-ring (bicyclic) bond motifs is 2. The molecule has 0 saturated carbocycles. The summed E-state index contributed by atoms with van der Waals surface area (Å²) in [6.45, 7) is 3.89. The zero-order valence-electron chi connectivity index (χ0n) is 18.6. The van der Waals surface area contributed by atoms with Gasteiger partial charge < -0.3 is 9.64 Å². The Labute approximate surface area is 187 Å². The van der Waals surface area contributed by atoms with Gasteiger partial charge in [0.05, 0.1) is 12.5 Å². The van der Waals surface area contributed by atoms with Crippen molar-refractivity contribution in [1.29, 1.82) is 0 Å². The van der Waals surface area contributed by atoms with E-state index in [0.29, 0.717) is 16.9 Å². The van der Waals surface area contributed by atoms with E-state index in [1.54, 1.807) is 6.20 Å². The molecule has 1 aliphatic rings. The van der Waals surface area contributed by atoms with E-state index in [-0.39, 0.29) is 11.5 Å². The van der Waals surface area contributed by atoms with Crippen LogP contribution in [0.1, 0.15) is 38.2 Å². The molecule has 0 bridgehead atoms. The molecule has 164 valence electrons. The third-order valence-electron chi connectivity index (χ3n) is 6.36. The van der Waals surface area contributed by atoms with E-state index in [1.165, 1.54) is 25.5 Å². The van der Waals surface area contributed by atoms with Gasteiger partial charge >= 0.3 is 6.01 Å². The van der Waals surface area contributed by atoms with Gasteiger partial charge in [-0.05, 0) is 35.6 Å². The molecule has 0 unspecified atom stereocenters. The normalized spacial score (nSPS) is 14.7. The Morgan fingerprint density at radius 1 is 1.00 bits per heavy atom. The summed E-state index contributed by atoms with van der Waals surface area (Å²) < 4.78 is 21.4. The van der Waals surface area contributed by atoms with Crippen LogP contribution in [0.3, 0.4) is 0 Å². The van der Waals surface area contributed by atoms with Gasteiger partial charge in [0.15, 0.2) is 5.82 Å². The second-order valence-corrected chi connectivity index (χ2v) is 8.29. The number of aryl methyl sites for hydroxylation is 1. The molecule has 0 amide bonds. The molecule has 5 nitrogen and oxygen atoms in total. The summed E-state index contributed by atoms with van der Waals surface area (Å²) in [7, 11) is 1.52. The second kappa shape index (κ2) is 8.69. The van der Waals surface area contributed by atoms with Crippen LogP contribution in [0.4, 0.5) is 10.2 Å². The first-order chi connectivity index (χ1) is 15.7. The van der Waals surface area contributed by atoms with Crippen molar-refractivity contribution in [2.75, 3.05) is 25.1 Å². The maximum Gasteiger partial charge on any atom is 0.318 e. The summed E-state index contributed by atoms with van der Waals surface area (Å²) in [6.07, 6.45) is 7.18. The van der Waals surface area contributed by atoms with Gasteiger partial charge in [0, 0.05) is 24.8 Å². The van der Waals surface area contributed by atoms with Gasteiger partial charge in [0.25, 0.3) is 0 Å². The minimum atomic E-state index is -0.433. The molecule has 4 aromatic rings. The third kappa shape index (κ3) is 3.53. The molecular formula is C26H27FN4O. The van der Waals surface area contributed by atoms with E-state index in [1.807, 2.05) is 18.2 Å². The molecule has 32 heavy (non-hydrogen) atoms. The molecule has 2 aromatic heterocycles. The lowest BCUT2D eigenvalue weighted by molar-refractivity contribution is 0.381. The predicted molar refractivity (Wildman–Crippen MR) is 127 cm³/mol. The average molecular weight is 431 g/mol. The second-order valence-electron chi connectivity index (χ2n) is 8.29.